The summed E-state index contributed by atoms with van der Waals surface area (Å²) in [4.78, 5) is 35.9. The minimum Gasteiger partial charge on any atom is -0.445 e. The lowest BCUT2D eigenvalue weighted by Crippen LogP contribution is -2.52. The monoisotopic (exact) mass is 366 g/mol. The van der Waals surface area contributed by atoms with Gasteiger partial charge in [-0.15, -0.1) is 0 Å². The van der Waals surface area contributed by atoms with Gasteiger partial charge in [0.15, 0.2) is 5.78 Å². The fourth-order valence-electron chi connectivity index (χ4n) is 2.39. The number of carbonyl (C=O) groups excluding carboxylic acids is 3. The number of halogens is 1. The van der Waals surface area contributed by atoms with Gasteiger partial charge in [0.05, 0.1) is 6.04 Å². The summed E-state index contributed by atoms with van der Waals surface area (Å²) in [6.45, 7) is 4.43. The predicted molar refractivity (Wildman–Crippen MR) is 96.2 cm³/mol. The SMILES string of the molecule is CC[C@H](NC(=O)[C@H](CC(C)C)NC(=O)OCc1ccccc1)C(=O)CF. The van der Waals surface area contributed by atoms with Gasteiger partial charge in [-0.3, -0.25) is 9.59 Å². The molecule has 0 fully saturated rings. The summed E-state index contributed by atoms with van der Waals surface area (Å²) in [7, 11) is 0. The van der Waals surface area contributed by atoms with Gasteiger partial charge < -0.3 is 15.4 Å². The summed E-state index contributed by atoms with van der Waals surface area (Å²) in [5.74, 6) is -1.09. The third-order valence-corrected chi connectivity index (χ3v) is 3.77. The number of alkyl carbamates (subject to hydrolysis) is 1. The highest BCUT2D eigenvalue weighted by atomic mass is 19.1. The molecule has 26 heavy (non-hydrogen) atoms. The van der Waals surface area contributed by atoms with E-state index in [0.29, 0.717) is 6.42 Å². The maximum Gasteiger partial charge on any atom is 0.408 e. The Kier molecular flexibility index (Phi) is 9.33. The number of rotatable bonds is 10. The van der Waals surface area contributed by atoms with E-state index in [1.165, 1.54) is 0 Å². The minimum atomic E-state index is -1.14. The normalized spacial score (nSPS) is 13.0. The molecule has 144 valence electrons. The van der Waals surface area contributed by atoms with Crippen LogP contribution in [0, 0.1) is 5.92 Å². The Morgan fingerprint density at radius 1 is 1.08 bits per heavy atom. The van der Waals surface area contributed by atoms with E-state index in [9.17, 15) is 18.8 Å². The van der Waals surface area contributed by atoms with E-state index in [4.69, 9.17) is 4.74 Å². The molecule has 1 rings (SSSR count). The van der Waals surface area contributed by atoms with E-state index >= 15 is 0 Å². The van der Waals surface area contributed by atoms with Crippen LogP contribution >= 0.6 is 0 Å². The lowest BCUT2D eigenvalue weighted by atomic mass is 10.0. The number of carbonyl (C=O) groups is 3. The van der Waals surface area contributed by atoms with Crippen LogP contribution in [0.15, 0.2) is 30.3 Å². The van der Waals surface area contributed by atoms with Crippen LogP contribution in [0.5, 0.6) is 0 Å². The van der Waals surface area contributed by atoms with Crippen LogP contribution in [-0.2, 0) is 20.9 Å². The van der Waals surface area contributed by atoms with Gasteiger partial charge >= 0.3 is 6.09 Å². The van der Waals surface area contributed by atoms with Gasteiger partial charge in [0.2, 0.25) is 5.91 Å². The molecule has 0 spiro atoms. The van der Waals surface area contributed by atoms with Crippen LogP contribution in [0.2, 0.25) is 0 Å². The molecule has 0 aromatic heterocycles. The second kappa shape index (κ2) is 11.2. The molecule has 0 aliphatic carbocycles. The average Bonchev–Trinajstić information content (AvgIpc) is 2.63. The Bertz CT molecular complexity index is 592. The van der Waals surface area contributed by atoms with Crippen molar-refractivity contribution in [2.75, 3.05) is 6.67 Å². The molecule has 2 atom stereocenters. The average molecular weight is 366 g/mol. The first kappa shape index (κ1) is 21.6. The first-order valence-corrected chi connectivity index (χ1v) is 8.73. The number of alkyl halides is 1. The lowest BCUT2D eigenvalue weighted by molar-refractivity contribution is -0.129. The zero-order chi connectivity index (χ0) is 19.5. The van der Waals surface area contributed by atoms with Crippen molar-refractivity contribution in [3.8, 4) is 0 Å². The van der Waals surface area contributed by atoms with Crippen LogP contribution in [-0.4, -0.2) is 36.5 Å². The second-order valence-electron chi connectivity index (χ2n) is 6.46. The second-order valence-corrected chi connectivity index (χ2v) is 6.46. The van der Waals surface area contributed by atoms with Crippen molar-refractivity contribution in [3.63, 3.8) is 0 Å². The van der Waals surface area contributed by atoms with Crippen LogP contribution in [0.1, 0.15) is 39.2 Å². The van der Waals surface area contributed by atoms with Crippen molar-refractivity contribution in [1.29, 1.82) is 0 Å². The summed E-state index contributed by atoms with van der Waals surface area (Å²) < 4.78 is 17.7. The van der Waals surface area contributed by atoms with Crippen LogP contribution in [0.4, 0.5) is 9.18 Å². The fourth-order valence-corrected chi connectivity index (χ4v) is 2.39. The molecule has 0 bridgehead atoms. The molecular weight excluding hydrogens is 339 g/mol. The van der Waals surface area contributed by atoms with Crippen LogP contribution in [0.3, 0.4) is 0 Å². The van der Waals surface area contributed by atoms with Gasteiger partial charge in [-0.2, -0.15) is 0 Å². The first-order valence-electron chi connectivity index (χ1n) is 8.73. The molecule has 6 nitrogen and oxygen atoms in total. The van der Waals surface area contributed by atoms with Gasteiger partial charge in [0.1, 0.15) is 19.3 Å². The maximum atomic E-state index is 12.6. The van der Waals surface area contributed by atoms with Crippen molar-refractivity contribution < 1.29 is 23.5 Å². The predicted octanol–water partition coefficient (Wildman–Crippen LogP) is 2.76. The third-order valence-electron chi connectivity index (χ3n) is 3.77. The highest BCUT2D eigenvalue weighted by molar-refractivity contribution is 5.92. The molecular formula is C19H27FN2O4. The molecule has 0 aliphatic heterocycles. The number of benzene rings is 1. The molecule has 2 N–H and O–H groups in total. The molecule has 0 saturated heterocycles. The van der Waals surface area contributed by atoms with E-state index in [1.54, 1.807) is 6.92 Å². The highest BCUT2D eigenvalue weighted by Crippen LogP contribution is 2.07. The third kappa shape index (κ3) is 7.63. The number of hydrogen-bond donors (Lipinski definition) is 2. The van der Waals surface area contributed by atoms with Gasteiger partial charge in [-0.05, 0) is 24.3 Å². The fraction of sp³-hybridized carbons (Fsp3) is 0.526. The number of hydrogen-bond acceptors (Lipinski definition) is 4. The topological polar surface area (TPSA) is 84.5 Å². The summed E-state index contributed by atoms with van der Waals surface area (Å²) in [6.07, 6.45) is -0.0760. The van der Waals surface area contributed by atoms with Crippen molar-refractivity contribution in [1.82, 2.24) is 10.6 Å². The molecule has 0 saturated carbocycles. The van der Waals surface area contributed by atoms with Crippen molar-refractivity contribution in [2.24, 2.45) is 5.92 Å². The number of ether oxygens (including phenoxy) is 1. The number of Topliss-reactive ketones (excluding diaryl/α,β-unsaturated/α-hetero) is 1. The Morgan fingerprint density at radius 3 is 2.27 bits per heavy atom. The summed E-state index contributed by atoms with van der Waals surface area (Å²) in [5.41, 5.74) is 0.826. The molecule has 1 aromatic carbocycles. The summed E-state index contributed by atoms with van der Waals surface area (Å²) in [5, 5.41) is 5.03. The smallest absolute Gasteiger partial charge is 0.408 e. The van der Waals surface area contributed by atoms with Crippen LogP contribution < -0.4 is 10.6 Å². The Hall–Kier alpha value is -2.44. The number of amides is 2. The van der Waals surface area contributed by atoms with E-state index in [1.807, 2.05) is 44.2 Å². The molecule has 1 aromatic rings. The van der Waals surface area contributed by atoms with Gasteiger partial charge in [0.25, 0.3) is 0 Å². The highest BCUT2D eigenvalue weighted by Gasteiger charge is 2.26. The molecule has 0 aliphatic rings. The molecule has 0 heterocycles. The van der Waals surface area contributed by atoms with E-state index < -0.39 is 36.5 Å². The maximum absolute atomic E-state index is 12.6. The molecule has 0 radical (unpaired) electrons. The zero-order valence-electron chi connectivity index (χ0n) is 15.5. The molecule has 7 heteroatoms. The largest absolute Gasteiger partial charge is 0.445 e. The summed E-state index contributed by atoms with van der Waals surface area (Å²) >= 11 is 0. The molecule has 0 unspecified atom stereocenters. The van der Waals surface area contributed by atoms with Crippen molar-refractivity contribution >= 4 is 17.8 Å². The standard InChI is InChI=1S/C19H27FN2O4/c1-4-15(17(23)11-20)21-18(24)16(10-13(2)3)22-19(25)26-12-14-8-6-5-7-9-14/h5-9,13,15-16H,4,10-12H2,1-3H3,(H,21,24)(H,22,25)/t15-,16-/m0/s1. The van der Waals surface area contributed by atoms with E-state index in [2.05, 4.69) is 10.6 Å². The Morgan fingerprint density at radius 2 is 1.73 bits per heavy atom. The number of ketones is 1. The first-order chi connectivity index (χ1) is 12.4. The summed E-state index contributed by atoms with van der Waals surface area (Å²) in [6, 6.07) is 7.40. The Labute approximate surface area is 153 Å². The van der Waals surface area contributed by atoms with Gasteiger partial charge in [-0.25, -0.2) is 9.18 Å². The van der Waals surface area contributed by atoms with Crippen LogP contribution in [0.25, 0.3) is 0 Å². The van der Waals surface area contributed by atoms with E-state index in [-0.39, 0.29) is 18.9 Å². The van der Waals surface area contributed by atoms with E-state index in [0.717, 1.165) is 5.56 Å². The Balaban J connectivity index is 2.65. The van der Waals surface area contributed by atoms with Crippen molar-refractivity contribution in [2.45, 2.75) is 52.3 Å². The number of nitrogens with one attached hydrogen (secondary N) is 2. The van der Waals surface area contributed by atoms with Gasteiger partial charge in [-0.1, -0.05) is 51.1 Å². The zero-order valence-corrected chi connectivity index (χ0v) is 15.5. The quantitative estimate of drug-likeness (QED) is 0.667. The lowest BCUT2D eigenvalue weighted by Gasteiger charge is -2.22. The van der Waals surface area contributed by atoms with Crippen molar-refractivity contribution in [3.05, 3.63) is 35.9 Å². The minimum absolute atomic E-state index is 0.0839. The van der Waals surface area contributed by atoms with Gasteiger partial charge in [0, 0.05) is 0 Å². The molecule has 2 amide bonds.